The van der Waals surface area contributed by atoms with Gasteiger partial charge in [-0.25, -0.2) is 9.36 Å². The Balaban J connectivity index is 1.62. The van der Waals surface area contributed by atoms with Gasteiger partial charge in [0.15, 0.2) is 5.69 Å². The van der Waals surface area contributed by atoms with Crippen LogP contribution in [-0.2, 0) is 13.1 Å². The largest absolute Gasteiger partial charge is 0.305 e. The van der Waals surface area contributed by atoms with Crippen LogP contribution in [0, 0.1) is 0 Å². The lowest BCUT2D eigenvalue weighted by molar-refractivity contribution is 0.102. The Labute approximate surface area is 197 Å². The summed E-state index contributed by atoms with van der Waals surface area (Å²) >= 11 is 6.28. The van der Waals surface area contributed by atoms with Gasteiger partial charge >= 0.3 is 0 Å². The third-order valence-corrected chi connectivity index (χ3v) is 5.91. The van der Waals surface area contributed by atoms with E-state index in [1.807, 2.05) is 24.3 Å². The van der Waals surface area contributed by atoms with Crippen molar-refractivity contribution in [2.45, 2.75) is 45.7 Å². The molecule has 1 N–H and O–H groups in total. The SMILES string of the molecule is CCCCCCn1nc(C(=O)Nc2ccnn2Cc2ccccc2Cl)c2ccccc2c1=O. The quantitative estimate of drug-likeness (QED) is 0.349. The highest BCUT2D eigenvalue weighted by molar-refractivity contribution is 6.31. The van der Waals surface area contributed by atoms with Gasteiger partial charge in [-0.2, -0.15) is 10.2 Å². The first-order valence-electron chi connectivity index (χ1n) is 11.1. The number of nitrogens with zero attached hydrogens (tertiary/aromatic N) is 4. The van der Waals surface area contributed by atoms with Gasteiger partial charge in [-0.15, -0.1) is 0 Å². The Hall–Kier alpha value is -3.45. The van der Waals surface area contributed by atoms with E-state index in [9.17, 15) is 9.59 Å². The van der Waals surface area contributed by atoms with E-state index in [0.29, 0.717) is 34.7 Å². The molecule has 0 aliphatic carbocycles. The number of rotatable bonds is 9. The molecule has 0 unspecified atom stereocenters. The summed E-state index contributed by atoms with van der Waals surface area (Å²) in [4.78, 5) is 26.2. The molecule has 2 heterocycles. The van der Waals surface area contributed by atoms with Crippen LogP contribution in [0.3, 0.4) is 0 Å². The van der Waals surface area contributed by atoms with Gasteiger partial charge in [-0.1, -0.05) is 74.2 Å². The number of halogens is 1. The summed E-state index contributed by atoms with van der Waals surface area (Å²) in [5.74, 6) is 0.126. The number of anilines is 1. The number of carbonyl (C=O) groups excluding carboxylic acids is 1. The number of amides is 1. The highest BCUT2D eigenvalue weighted by Crippen LogP contribution is 2.20. The van der Waals surface area contributed by atoms with E-state index >= 15 is 0 Å². The summed E-state index contributed by atoms with van der Waals surface area (Å²) in [6.45, 7) is 3.03. The van der Waals surface area contributed by atoms with Crippen LogP contribution < -0.4 is 10.9 Å². The average molecular weight is 464 g/mol. The second kappa shape index (κ2) is 10.4. The third-order valence-electron chi connectivity index (χ3n) is 5.54. The fourth-order valence-corrected chi connectivity index (χ4v) is 3.97. The van der Waals surface area contributed by atoms with E-state index in [1.165, 1.54) is 4.68 Å². The maximum absolute atomic E-state index is 13.3. The zero-order valence-electron chi connectivity index (χ0n) is 18.5. The first kappa shape index (κ1) is 22.7. The highest BCUT2D eigenvalue weighted by atomic mass is 35.5. The van der Waals surface area contributed by atoms with Gasteiger partial charge in [0.1, 0.15) is 5.82 Å². The smallest absolute Gasteiger partial charge is 0.277 e. The number of carbonyl (C=O) groups is 1. The second-order valence-electron chi connectivity index (χ2n) is 7.90. The molecule has 7 nitrogen and oxygen atoms in total. The molecule has 0 fully saturated rings. The normalized spacial score (nSPS) is 11.1. The molecule has 0 bridgehead atoms. The van der Waals surface area contributed by atoms with Gasteiger partial charge < -0.3 is 5.32 Å². The second-order valence-corrected chi connectivity index (χ2v) is 8.31. The predicted octanol–water partition coefficient (Wildman–Crippen LogP) is 5.13. The molecule has 8 heteroatoms. The van der Waals surface area contributed by atoms with Crippen LogP contribution in [0.5, 0.6) is 0 Å². The van der Waals surface area contributed by atoms with E-state index in [-0.39, 0.29) is 11.3 Å². The minimum Gasteiger partial charge on any atom is -0.305 e. The van der Waals surface area contributed by atoms with Crippen molar-refractivity contribution >= 4 is 34.1 Å². The van der Waals surface area contributed by atoms with E-state index in [4.69, 9.17) is 11.6 Å². The number of aromatic nitrogens is 4. The van der Waals surface area contributed by atoms with Gasteiger partial charge in [-0.05, 0) is 24.1 Å². The number of fused-ring (bicyclic) bond motifs is 1. The molecule has 0 atom stereocenters. The average Bonchev–Trinajstić information content (AvgIpc) is 3.26. The molecule has 2 aromatic heterocycles. The van der Waals surface area contributed by atoms with Crippen molar-refractivity contribution in [2.24, 2.45) is 0 Å². The highest BCUT2D eigenvalue weighted by Gasteiger charge is 2.18. The summed E-state index contributed by atoms with van der Waals surface area (Å²) in [6.07, 6.45) is 5.68. The summed E-state index contributed by atoms with van der Waals surface area (Å²) in [6, 6.07) is 16.3. The summed E-state index contributed by atoms with van der Waals surface area (Å²) < 4.78 is 3.08. The van der Waals surface area contributed by atoms with Gasteiger partial charge in [0.25, 0.3) is 11.5 Å². The Morgan fingerprint density at radius 2 is 1.73 bits per heavy atom. The Kier molecular flexibility index (Phi) is 7.19. The van der Waals surface area contributed by atoms with Gasteiger partial charge in [0.05, 0.1) is 18.1 Å². The molecule has 0 saturated carbocycles. The first-order valence-corrected chi connectivity index (χ1v) is 11.5. The van der Waals surface area contributed by atoms with E-state index < -0.39 is 5.91 Å². The van der Waals surface area contributed by atoms with Gasteiger partial charge in [-0.3, -0.25) is 9.59 Å². The van der Waals surface area contributed by atoms with Crippen molar-refractivity contribution in [3.05, 3.63) is 87.4 Å². The zero-order valence-corrected chi connectivity index (χ0v) is 19.3. The third kappa shape index (κ3) is 5.14. The number of benzene rings is 2. The van der Waals surface area contributed by atoms with Crippen LogP contribution in [0.2, 0.25) is 5.02 Å². The van der Waals surface area contributed by atoms with E-state index in [0.717, 1.165) is 31.2 Å². The maximum Gasteiger partial charge on any atom is 0.277 e. The molecular formula is C25H26ClN5O2. The standard InChI is InChI=1S/C25H26ClN5O2/c1-2-3-4-9-16-30-25(33)20-12-7-6-11-19(20)23(29-30)24(32)28-22-14-15-27-31(22)17-18-10-5-8-13-21(18)26/h5-8,10-15H,2-4,9,16-17H2,1H3,(H,28,32). The zero-order chi connectivity index (χ0) is 23.2. The minimum atomic E-state index is -0.394. The maximum atomic E-state index is 13.3. The number of unbranched alkanes of at least 4 members (excludes halogenated alkanes) is 3. The fourth-order valence-electron chi connectivity index (χ4n) is 3.77. The van der Waals surface area contributed by atoms with Crippen LogP contribution in [0.15, 0.2) is 65.6 Å². The lowest BCUT2D eigenvalue weighted by Crippen LogP contribution is -2.28. The van der Waals surface area contributed by atoms with Crippen molar-refractivity contribution in [3.63, 3.8) is 0 Å². The molecule has 4 rings (SSSR count). The number of hydrogen-bond acceptors (Lipinski definition) is 4. The molecule has 0 radical (unpaired) electrons. The van der Waals surface area contributed by atoms with Gasteiger partial charge in [0, 0.05) is 23.0 Å². The summed E-state index contributed by atoms with van der Waals surface area (Å²) in [7, 11) is 0. The molecule has 4 aromatic rings. The molecule has 2 aromatic carbocycles. The van der Waals surface area contributed by atoms with Crippen LogP contribution in [0.4, 0.5) is 5.82 Å². The summed E-state index contributed by atoms with van der Waals surface area (Å²) in [5, 5.41) is 13.3. The lowest BCUT2D eigenvalue weighted by atomic mass is 10.1. The van der Waals surface area contributed by atoms with Crippen LogP contribution >= 0.6 is 11.6 Å². The topological polar surface area (TPSA) is 81.8 Å². The Bertz CT molecular complexity index is 1330. The molecule has 0 saturated heterocycles. The Morgan fingerprint density at radius 1 is 0.970 bits per heavy atom. The van der Waals surface area contributed by atoms with E-state index in [2.05, 4.69) is 22.4 Å². The predicted molar refractivity (Wildman–Crippen MR) is 131 cm³/mol. The van der Waals surface area contributed by atoms with Crippen molar-refractivity contribution in [2.75, 3.05) is 5.32 Å². The molecule has 170 valence electrons. The lowest BCUT2D eigenvalue weighted by Gasteiger charge is -2.13. The van der Waals surface area contributed by atoms with Crippen LogP contribution in [0.25, 0.3) is 10.8 Å². The number of hydrogen-bond donors (Lipinski definition) is 1. The molecular weight excluding hydrogens is 438 g/mol. The molecule has 0 aliphatic rings. The number of nitrogens with one attached hydrogen (secondary N) is 1. The first-order chi connectivity index (χ1) is 16.1. The Morgan fingerprint density at radius 3 is 2.52 bits per heavy atom. The van der Waals surface area contributed by atoms with Crippen LogP contribution in [0.1, 0.15) is 48.7 Å². The van der Waals surface area contributed by atoms with Crippen molar-refractivity contribution in [3.8, 4) is 0 Å². The fraction of sp³-hybridized carbons (Fsp3) is 0.280. The minimum absolute atomic E-state index is 0.178. The van der Waals surface area contributed by atoms with Gasteiger partial charge in [0.2, 0.25) is 0 Å². The van der Waals surface area contributed by atoms with Crippen molar-refractivity contribution in [1.82, 2.24) is 19.6 Å². The molecule has 0 aliphatic heterocycles. The monoisotopic (exact) mass is 463 g/mol. The van der Waals surface area contributed by atoms with Crippen molar-refractivity contribution in [1.29, 1.82) is 0 Å². The van der Waals surface area contributed by atoms with E-state index in [1.54, 1.807) is 41.2 Å². The summed E-state index contributed by atoms with van der Waals surface area (Å²) in [5.41, 5.74) is 0.927. The van der Waals surface area contributed by atoms with Crippen molar-refractivity contribution < 1.29 is 4.79 Å². The number of aryl methyl sites for hydroxylation is 1. The molecule has 33 heavy (non-hydrogen) atoms. The van der Waals surface area contributed by atoms with Crippen LogP contribution in [-0.4, -0.2) is 25.5 Å². The molecule has 0 spiro atoms. The molecule has 1 amide bonds.